The molecule has 0 spiro atoms. The molecule has 0 radical (unpaired) electrons. The number of nitriles is 1. The van der Waals surface area contributed by atoms with E-state index in [4.69, 9.17) is 10.00 Å². The fourth-order valence-corrected chi connectivity index (χ4v) is 1.45. The number of hydrogen-bond donors (Lipinski definition) is 0. The number of hydrogen-bond acceptors (Lipinski definition) is 4. The van der Waals surface area contributed by atoms with E-state index < -0.39 is 13.0 Å². The summed E-state index contributed by atoms with van der Waals surface area (Å²) < 4.78 is 30.4. The molecule has 2 aromatic rings. The summed E-state index contributed by atoms with van der Waals surface area (Å²) in [4.78, 5) is 14.5. The Morgan fingerprint density at radius 2 is 2.33 bits per heavy atom. The largest absolute Gasteiger partial charge is 0.485 e. The molecule has 2 aromatic heterocycles. The summed E-state index contributed by atoms with van der Waals surface area (Å²) in [6, 6.07) is 3.20. The van der Waals surface area contributed by atoms with E-state index in [1.165, 1.54) is 22.9 Å². The first-order chi connectivity index (χ1) is 8.63. The molecule has 7 heteroatoms. The first kappa shape index (κ1) is 12.0. The van der Waals surface area contributed by atoms with Crippen LogP contribution >= 0.6 is 0 Å². The molecule has 0 aliphatic heterocycles. The maximum atomic E-state index is 12.1. The second-order valence-electron chi connectivity index (χ2n) is 3.41. The minimum absolute atomic E-state index is 0.0279. The van der Waals surface area contributed by atoms with Crippen LogP contribution in [0.15, 0.2) is 18.5 Å². The van der Waals surface area contributed by atoms with E-state index in [-0.39, 0.29) is 17.0 Å². The lowest BCUT2D eigenvalue weighted by atomic mass is 10.2. The first-order valence-electron chi connectivity index (χ1n) is 4.93. The molecule has 0 aliphatic carbocycles. The van der Waals surface area contributed by atoms with Crippen molar-refractivity contribution in [3.8, 4) is 11.8 Å². The summed E-state index contributed by atoms with van der Waals surface area (Å²) in [5.41, 5.74) is 0.647. The topological polar surface area (TPSA) is 67.4 Å². The second kappa shape index (κ2) is 4.79. The van der Waals surface area contributed by atoms with E-state index in [1.54, 1.807) is 0 Å². The van der Waals surface area contributed by atoms with Gasteiger partial charge in [0.2, 0.25) is 0 Å². The Hall–Kier alpha value is -2.49. The molecule has 2 heterocycles. The third-order valence-corrected chi connectivity index (χ3v) is 2.18. The van der Waals surface area contributed by atoms with Crippen LogP contribution in [0.4, 0.5) is 8.78 Å². The Kier molecular flexibility index (Phi) is 3.19. The van der Waals surface area contributed by atoms with Crippen LogP contribution < -0.4 is 4.74 Å². The van der Waals surface area contributed by atoms with E-state index in [2.05, 4.69) is 4.98 Å². The number of carbonyl (C=O) groups excluding carboxylic acids is 1. The zero-order chi connectivity index (χ0) is 13.1. The normalized spacial score (nSPS) is 10.6. The van der Waals surface area contributed by atoms with Crippen LogP contribution in [0, 0.1) is 11.3 Å². The highest BCUT2D eigenvalue weighted by atomic mass is 19.3. The summed E-state index contributed by atoms with van der Waals surface area (Å²) in [5, 5.41) is 8.88. The van der Waals surface area contributed by atoms with Gasteiger partial charge in [0.25, 0.3) is 6.43 Å². The van der Waals surface area contributed by atoms with Gasteiger partial charge >= 0.3 is 0 Å². The lowest BCUT2D eigenvalue weighted by Gasteiger charge is -2.07. The Bertz CT molecular complexity index is 631. The van der Waals surface area contributed by atoms with Gasteiger partial charge in [0.05, 0.1) is 11.8 Å². The predicted molar refractivity (Wildman–Crippen MR) is 56.8 cm³/mol. The summed E-state index contributed by atoms with van der Waals surface area (Å²) >= 11 is 0. The predicted octanol–water partition coefficient (Wildman–Crippen LogP) is 1.66. The molecular formula is C11H7F2N3O2. The third kappa shape index (κ3) is 2.27. The lowest BCUT2D eigenvalue weighted by Crippen LogP contribution is -2.08. The number of imidazole rings is 1. The van der Waals surface area contributed by atoms with Gasteiger partial charge in [-0.15, -0.1) is 0 Å². The number of fused-ring (bicyclic) bond motifs is 1. The zero-order valence-electron chi connectivity index (χ0n) is 9.01. The average molecular weight is 251 g/mol. The Labute approximate surface area is 100 Å². The number of carbonyl (C=O) groups is 1. The molecule has 0 aromatic carbocycles. The molecule has 0 bridgehead atoms. The lowest BCUT2D eigenvalue weighted by molar-refractivity contribution is 0.0815. The Balaban J connectivity index is 2.44. The fourth-order valence-electron chi connectivity index (χ4n) is 1.45. The van der Waals surface area contributed by atoms with Crippen molar-refractivity contribution in [2.24, 2.45) is 0 Å². The van der Waals surface area contributed by atoms with E-state index in [0.29, 0.717) is 11.9 Å². The van der Waals surface area contributed by atoms with E-state index in [1.807, 2.05) is 6.07 Å². The molecule has 0 N–H and O–H groups in total. The second-order valence-corrected chi connectivity index (χ2v) is 3.41. The minimum atomic E-state index is -2.62. The number of rotatable bonds is 4. The van der Waals surface area contributed by atoms with Crippen molar-refractivity contribution in [1.29, 1.82) is 5.26 Å². The number of alkyl halides is 2. The number of ether oxygens (including phenoxy) is 1. The van der Waals surface area contributed by atoms with Gasteiger partial charge in [0, 0.05) is 12.3 Å². The molecule has 0 atom stereocenters. The summed E-state index contributed by atoms with van der Waals surface area (Å²) in [7, 11) is 0. The fraction of sp³-hybridized carbons (Fsp3) is 0.182. The number of aromatic nitrogens is 2. The molecule has 92 valence electrons. The molecule has 0 amide bonds. The highest BCUT2D eigenvalue weighted by Crippen LogP contribution is 2.20. The summed E-state index contributed by atoms with van der Waals surface area (Å²) in [5.74, 6) is 0.0279. The van der Waals surface area contributed by atoms with E-state index in [0.717, 1.165) is 0 Å². The molecule has 0 saturated carbocycles. The highest BCUT2D eigenvalue weighted by molar-refractivity contribution is 5.73. The van der Waals surface area contributed by atoms with Crippen LogP contribution in [-0.2, 0) is 0 Å². The van der Waals surface area contributed by atoms with Crippen molar-refractivity contribution < 1.29 is 18.3 Å². The monoisotopic (exact) mass is 251 g/mol. The first-order valence-corrected chi connectivity index (χ1v) is 4.93. The number of nitrogens with zero attached hydrogens (tertiary/aromatic N) is 3. The summed E-state index contributed by atoms with van der Waals surface area (Å²) in [6.45, 7) is -0.796. The standard InChI is InChI=1S/C11H7F2N3O2/c12-10(13)6-18-9-4-16-3-8(5-17)15-11(16)1-7(9)2-14/h1,3-5,10H,6H2. The van der Waals surface area contributed by atoms with Gasteiger partial charge in [0.15, 0.2) is 12.0 Å². The Morgan fingerprint density at radius 3 is 2.94 bits per heavy atom. The maximum absolute atomic E-state index is 12.1. The number of aldehydes is 1. The number of halogens is 2. The maximum Gasteiger partial charge on any atom is 0.272 e. The summed E-state index contributed by atoms with van der Waals surface area (Å²) in [6.07, 6.45) is 0.689. The van der Waals surface area contributed by atoms with Gasteiger partial charge in [0.1, 0.15) is 24.0 Å². The van der Waals surface area contributed by atoms with Gasteiger partial charge in [-0.05, 0) is 0 Å². The molecule has 0 unspecified atom stereocenters. The van der Waals surface area contributed by atoms with E-state index >= 15 is 0 Å². The molecule has 0 saturated heterocycles. The molecule has 2 rings (SSSR count). The van der Waals surface area contributed by atoms with Crippen molar-refractivity contribution in [3.05, 3.63) is 29.7 Å². The van der Waals surface area contributed by atoms with Crippen molar-refractivity contribution in [2.45, 2.75) is 6.43 Å². The van der Waals surface area contributed by atoms with Gasteiger partial charge in [-0.25, -0.2) is 13.8 Å². The Morgan fingerprint density at radius 1 is 1.56 bits per heavy atom. The smallest absolute Gasteiger partial charge is 0.272 e. The van der Waals surface area contributed by atoms with Crippen LogP contribution in [0.2, 0.25) is 0 Å². The quantitative estimate of drug-likeness (QED) is 0.775. The molecular weight excluding hydrogens is 244 g/mol. The van der Waals surface area contributed by atoms with Gasteiger partial charge in [-0.1, -0.05) is 0 Å². The molecule has 18 heavy (non-hydrogen) atoms. The van der Waals surface area contributed by atoms with Crippen molar-refractivity contribution in [2.75, 3.05) is 6.61 Å². The van der Waals surface area contributed by atoms with Crippen LogP contribution in [0.3, 0.4) is 0 Å². The van der Waals surface area contributed by atoms with Crippen molar-refractivity contribution in [3.63, 3.8) is 0 Å². The van der Waals surface area contributed by atoms with Crippen LogP contribution in [-0.4, -0.2) is 28.7 Å². The van der Waals surface area contributed by atoms with Crippen molar-refractivity contribution >= 4 is 11.9 Å². The highest BCUT2D eigenvalue weighted by Gasteiger charge is 2.11. The van der Waals surface area contributed by atoms with Crippen molar-refractivity contribution in [1.82, 2.24) is 9.38 Å². The van der Waals surface area contributed by atoms with Gasteiger partial charge in [-0.2, -0.15) is 5.26 Å². The number of pyridine rings is 1. The third-order valence-electron chi connectivity index (χ3n) is 2.18. The van der Waals surface area contributed by atoms with Gasteiger partial charge < -0.3 is 9.14 Å². The zero-order valence-corrected chi connectivity index (χ0v) is 9.01. The van der Waals surface area contributed by atoms with Crippen LogP contribution in [0.1, 0.15) is 16.1 Å². The minimum Gasteiger partial charge on any atom is -0.485 e. The van der Waals surface area contributed by atoms with Crippen LogP contribution in [0.5, 0.6) is 5.75 Å². The molecule has 0 aliphatic rings. The SMILES string of the molecule is N#Cc1cc2nc(C=O)cn2cc1OCC(F)F. The van der Waals surface area contributed by atoms with E-state index in [9.17, 15) is 13.6 Å². The van der Waals surface area contributed by atoms with Gasteiger partial charge in [-0.3, -0.25) is 4.79 Å². The van der Waals surface area contributed by atoms with Crippen LogP contribution in [0.25, 0.3) is 5.65 Å². The average Bonchev–Trinajstić information content (AvgIpc) is 2.76. The molecule has 0 fully saturated rings. The molecule has 5 nitrogen and oxygen atoms in total.